The van der Waals surface area contributed by atoms with Gasteiger partial charge in [-0.2, -0.15) is 0 Å². The Hall–Kier alpha value is -1.43. The third kappa shape index (κ3) is 2.46. The van der Waals surface area contributed by atoms with E-state index in [1.165, 1.54) is 0 Å². The first-order valence-electron chi connectivity index (χ1n) is 5.27. The number of amides is 1. The van der Waals surface area contributed by atoms with E-state index in [9.17, 15) is 14.9 Å². The van der Waals surface area contributed by atoms with Crippen LogP contribution in [0.1, 0.15) is 24.4 Å². The lowest BCUT2D eigenvalue weighted by Crippen LogP contribution is -2.45. The van der Waals surface area contributed by atoms with Crippen LogP contribution in [0.5, 0.6) is 0 Å². The normalized spacial score (nSPS) is 24.2. The van der Waals surface area contributed by atoms with E-state index in [0.717, 1.165) is 10.0 Å². The Bertz CT molecular complexity index is 464. The number of nitro groups is 1. The molecule has 1 saturated heterocycles. The number of nitrogens with one attached hydrogen (secondary N) is 1. The third-order valence-corrected chi connectivity index (χ3v) is 3.60. The zero-order valence-corrected chi connectivity index (χ0v) is 10.5. The van der Waals surface area contributed by atoms with Crippen molar-refractivity contribution in [2.24, 2.45) is 0 Å². The molecule has 0 aliphatic carbocycles. The van der Waals surface area contributed by atoms with Crippen molar-refractivity contribution in [3.63, 3.8) is 0 Å². The molecule has 0 saturated carbocycles. The standard InChI is InChI=1S/C11H11BrN2O3/c12-8-4-2-1-3-7(8)11-9(14(16)17)5-6-10(15)13-11/h1-4,9,11H,5-6H2,(H,13,15)/t9-,11-/m0/s1. The molecule has 1 aromatic carbocycles. The summed E-state index contributed by atoms with van der Waals surface area (Å²) in [4.78, 5) is 22.1. The third-order valence-electron chi connectivity index (χ3n) is 2.88. The highest BCUT2D eigenvalue weighted by Crippen LogP contribution is 2.30. The molecule has 90 valence electrons. The molecule has 17 heavy (non-hydrogen) atoms. The summed E-state index contributed by atoms with van der Waals surface area (Å²) >= 11 is 3.35. The zero-order valence-electron chi connectivity index (χ0n) is 8.93. The van der Waals surface area contributed by atoms with E-state index in [4.69, 9.17) is 0 Å². The molecule has 0 bridgehead atoms. The summed E-state index contributed by atoms with van der Waals surface area (Å²) in [5, 5.41) is 13.7. The van der Waals surface area contributed by atoms with Crippen molar-refractivity contribution in [1.29, 1.82) is 0 Å². The van der Waals surface area contributed by atoms with Crippen molar-refractivity contribution < 1.29 is 9.72 Å². The average molecular weight is 299 g/mol. The monoisotopic (exact) mass is 298 g/mol. The predicted molar refractivity (Wildman–Crippen MR) is 65.0 cm³/mol. The van der Waals surface area contributed by atoms with E-state index < -0.39 is 12.1 Å². The molecule has 1 fully saturated rings. The fraction of sp³-hybridized carbons (Fsp3) is 0.364. The summed E-state index contributed by atoms with van der Waals surface area (Å²) in [6.45, 7) is 0. The van der Waals surface area contributed by atoms with Crippen molar-refractivity contribution in [2.45, 2.75) is 24.9 Å². The maximum Gasteiger partial charge on any atom is 0.237 e. The molecule has 6 heteroatoms. The van der Waals surface area contributed by atoms with Gasteiger partial charge in [0.15, 0.2) is 0 Å². The predicted octanol–water partition coefficient (Wildman–Crippen LogP) is 2.05. The molecular weight excluding hydrogens is 288 g/mol. The van der Waals surface area contributed by atoms with Crippen LogP contribution in [0.4, 0.5) is 0 Å². The molecule has 2 rings (SSSR count). The van der Waals surface area contributed by atoms with Crippen molar-refractivity contribution in [3.8, 4) is 0 Å². The molecule has 0 spiro atoms. The highest BCUT2D eigenvalue weighted by atomic mass is 79.9. The molecule has 0 aromatic heterocycles. The summed E-state index contributed by atoms with van der Waals surface area (Å²) in [7, 11) is 0. The number of carbonyl (C=O) groups excluding carboxylic acids is 1. The number of halogens is 1. The molecule has 2 atom stereocenters. The molecule has 1 amide bonds. The smallest absolute Gasteiger partial charge is 0.237 e. The zero-order chi connectivity index (χ0) is 12.4. The van der Waals surface area contributed by atoms with Gasteiger partial charge >= 0.3 is 0 Å². The Labute approximate surface area is 106 Å². The number of benzene rings is 1. The lowest BCUT2D eigenvalue weighted by molar-refractivity contribution is -0.529. The highest BCUT2D eigenvalue weighted by molar-refractivity contribution is 9.10. The van der Waals surface area contributed by atoms with Crippen LogP contribution in [-0.4, -0.2) is 16.9 Å². The Morgan fingerprint density at radius 1 is 1.41 bits per heavy atom. The SMILES string of the molecule is O=C1CC[C@H]([N+](=O)[O-])[C@H](c2ccccc2Br)N1. The molecule has 0 unspecified atom stereocenters. The van der Waals surface area contributed by atoms with Crippen molar-refractivity contribution >= 4 is 21.8 Å². The van der Waals surface area contributed by atoms with Gasteiger partial charge in [-0.05, 0) is 11.6 Å². The largest absolute Gasteiger partial charge is 0.343 e. The van der Waals surface area contributed by atoms with Crippen LogP contribution in [-0.2, 0) is 4.79 Å². The minimum atomic E-state index is -0.758. The van der Waals surface area contributed by atoms with E-state index in [1.807, 2.05) is 12.1 Å². The van der Waals surface area contributed by atoms with Crippen LogP contribution in [0.3, 0.4) is 0 Å². The van der Waals surface area contributed by atoms with Gasteiger partial charge in [-0.25, -0.2) is 0 Å². The first-order valence-corrected chi connectivity index (χ1v) is 6.06. The van der Waals surface area contributed by atoms with Gasteiger partial charge in [0.1, 0.15) is 6.04 Å². The summed E-state index contributed by atoms with van der Waals surface area (Å²) in [5.41, 5.74) is 0.752. The molecule has 0 radical (unpaired) electrons. The first-order chi connectivity index (χ1) is 8.09. The van der Waals surface area contributed by atoms with Crippen LogP contribution >= 0.6 is 15.9 Å². The van der Waals surface area contributed by atoms with Gasteiger partial charge in [-0.3, -0.25) is 14.9 Å². The molecule has 1 aliphatic heterocycles. The van der Waals surface area contributed by atoms with Crippen LogP contribution in [0, 0.1) is 10.1 Å². The van der Waals surface area contributed by atoms with Crippen molar-refractivity contribution in [2.75, 3.05) is 0 Å². The second-order valence-electron chi connectivity index (χ2n) is 3.96. The molecular formula is C11H11BrN2O3. The first kappa shape index (κ1) is 12.0. The minimum absolute atomic E-state index is 0.135. The fourth-order valence-electron chi connectivity index (χ4n) is 2.03. The number of hydrogen-bond donors (Lipinski definition) is 1. The van der Waals surface area contributed by atoms with Gasteiger partial charge in [0, 0.05) is 22.2 Å². The summed E-state index contributed by atoms with van der Waals surface area (Å²) < 4.78 is 0.777. The van der Waals surface area contributed by atoms with E-state index in [2.05, 4.69) is 21.2 Å². The lowest BCUT2D eigenvalue weighted by Gasteiger charge is -2.27. The molecule has 1 aromatic rings. The number of carbonyl (C=O) groups is 1. The Morgan fingerprint density at radius 2 is 2.12 bits per heavy atom. The van der Waals surface area contributed by atoms with Gasteiger partial charge in [-0.15, -0.1) is 0 Å². The quantitative estimate of drug-likeness (QED) is 0.671. The minimum Gasteiger partial charge on any atom is -0.343 e. The van der Waals surface area contributed by atoms with E-state index in [1.54, 1.807) is 12.1 Å². The fourth-order valence-corrected chi connectivity index (χ4v) is 2.56. The van der Waals surface area contributed by atoms with Crippen molar-refractivity contribution in [1.82, 2.24) is 5.32 Å². The van der Waals surface area contributed by atoms with Crippen LogP contribution in [0.2, 0.25) is 0 Å². The van der Waals surface area contributed by atoms with Gasteiger partial charge in [0.2, 0.25) is 11.9 Å². The van der Waals surface area contributed by atoms with Gasteiger partial charge in [-0.1, -0.05) is 34.1 Å². The van der Waals surface area contributed by atoms with Crippen LogP contribution in [0.15, 0.2) is 28.7 Å². The second-order valence-corrected chi connectivity index (χ2v) is 4.81. The number of nitrogens with zero attached hydrogens (tertiary/aromatic N) is 1. The van der Waals surface area contributed by atoms with E-state index >= 15 is 0 Å². The topological polar surface area (TPSA) is 72.2 Å². The molecule has 1 N–H and O–H groups in total. The van der Waals surface area contributed by atoms with Crippen molar-refractivity contribution in [3.05, 3.63) is 44.4 Å². The van der Waals surface area contributed by atoms with E-state index in [-0.39, 0.29) is 23.7 Å². The molecule has 1 aliphatic rings. The van der Waals surface area contributed by atoms with Crippen LogP contribution in [0.25, 0.3) is 0 Å². The van der Waals surface area contributed by atoms with Crippen LogP contribution < -0.4 is 5.32 Å². The summed E-state index contributed by atoms with van der Waals surface area (Å²) in [5.74, 6) is -0.135. The summed E-state index contributed by atoms with van der Waals surface area (Å²) in [6.07, 6.45) is 0.497. The number of piperidine rings is 1. The molecule has 1 heterocycles. The molecule has 5 nitrogen and oxygen atoms in total. The van der Waals surface area contributed by atoms with Gasteiger partial charge < -0.3 is 5.32 Å². The Kier molecular flexibility index (Phi) is 3.42. The Morgan fingerprint density at radius 3 is 2.76 bits per heavy atom. The van der Waals surface area contributed by atoms with Gasteiger partial charge in [0.25, 0.3) is 0 Å². The van der Waals surface area contributed by atoms with E-state index in [0.29, 0.717) is 0 Å². The summed E-state index contributed by atoms with van der Waals surface area (Å²) in [6, 6.07) is 5.93. The Balaban J connectivity index is 2.35. The number of rotatable bonds is 2. The second kappa shape index (κ2) is 4.83. The highest BCUT2D eigenvalue weighted by Gasteiger charge is 2.38. The lowest BCUT2D eigenvalue weighted by atomic mass is 9.92. The maximum absolute atomic E-state index is 11.4. The average Bonchev–Trinajstić information content (AvgIpc) is 2.29. The number of hydrogen-bond acceptors (Lipinski definition) is 3. The maximum atomic E-state index is 11.4. The van der Waals surface area contributed by atoms with Gasteiger partial charge in [0.05, 0.1) is 0 Å².